The Kier molecular flexibility index (Phi) is 4.67. The molecule has 124 valence electrons. The minimum Gasteiger partial charge on any atom is -0.347 e. The molecule has 0 saturated heterocycles. The number of aromatic nitrogens is 1. The van der Waals surface area contributed by atoms with Crippen molar-refractivity contribution in [2.75, 3.05) is 5.32 Å². The minimum atomic E-state index is -0.403. The van der Waals surface area contributed by atoms with Crippen LogP contribution in [0.25, 0.3) is 17.0 Å². The van der Waals surface area contributed by atoms with E-state index in [1.807, 2.05) is 67.7 Å². The van der Waals surface area contributed by atoms with E-state index >= 15 is 0 Å². The monoisotopic (exact) mass is 329 g/mol. The van der Waals surface area contributed by atoms with E-state index in [9.17, 15) is 10.1 Å². The van der Waals surface area contributed by atoms with Gasteiger partial charge in [-0.3, -0.25) is 4.79 Å². The number of hydrogen-bond acceptors (Lipinski definition) is 2. The summed E-state index contributed by atoms with van der Waals surface area (Å²) in [5, 5.41) is 13.2. The summed E-state index contributed by atoms with van der Waals surface area (Å²) in [4.78, 5) is 12.4. The Morgan fingerprint density at radius 2 is 1.92 bits per heavy atom. The number of aryl methyl sites for hydroxylation is 2. The van der Waals surface area contributed by atoms with Crippen molar-refractivity contribution in [2.24, 2.45) is 0 Å². The van der Waals surface area contributed by atoms with Gasteiger partial charge in [-0.2, -0.15) is 5.26 Å². The molecule has 4 nitrogen and oxygen atoms in total. The zero-order valence-corrected chi connectivity index (χ0v) is 14.3. The lowest BCUT2D eigenvalue weighted by Gasteiger charge is -2.04. The zero-order chi connectivity index (χ0) is 17.8. The molecule has 4 heteroatoms. The lowest BCUT2D eigenvalue weighted by Crippen LogP contribution is -2.13. The van der Waals surface area contributed by atoms with Crippen molar-refractivity contribution in [1.29, 1.82) is 5.26 Å². The molecule has 25 heavy (non-hydrogen) atoms. The molecule has 3 aromatic rings. The van der Waals surface area contributed by atoms with Crippen LogP contribution in [0.1, 0.15) is 18.1 Å². The summed E-state index contributed by atoms with van der Waals surface area (Å²) >= 11 is 0. The molecule has 1 N–H and O–H groups in total. The molecule has 0 saturated carbocycles. The second-order valence-corrected chi connectivity index (χ2v) is 5.88. The maximum absolute atomic E-state index is 12.4. The van der Waals surface area contributed by atoms with Crippen molar-refractivity contribution < 1.29 is 4.79 Å². The number of anilines is 1. The van der Waals surface area contributed by atoms with Crippen LogP contribution in [0.3, 0.4) is 0 Å². The van der Waals surface area contributed by atoms with Crippen molar-refractivity contribution in [3.63, 3.8) is 0 Å². The molecule has 1 aromatic heterocycles. The highest BCUT2D eigenvalue weighted by atomic mass is 16.1. The lowest BCUT2D eigenvalue weighted by molar-refractivity contribution is -0.112. The summed E-state index contributed by atoms with van der Waals surface area (Å²) in [6.07, 6.45) is 3.62. The van der Waals surface area contributed by atoms with Gasteiger partial charge in [0.25, 0.3) is 5.91 Å². The molecule has 1 heterocycles. The van der Waals surface area contributed by atoms with Crippen molar-refractivity contribution >= 4 is 28.6 Å². The van der Waals surface area contributed by atoms with Crippen LogP contribution in [0.4, 0.5) is 5.69 Å². The summed E-state index contributed by atoms with van der Waals surface area (Å²) < 4.78 is 2.11. The Hall–Kier alpha value is -3.32. The van der Waals surface area contributed by atoms with Gasteiger partial charge in [0, 0.05) is 34.9 Å². The third-order valence-electron chi connectivity index (χ3n) is 4.13. The van der Waals surface area contributed by atoms with Crippen LogP contribution in [0.2, 0.25) is 0 Å². The summed E-state index contributed by atoms with van der Waals surface area (Å²) in [6, 6.07) is 17.5. The fraction of sp³-hybridized carbons (Fsp3) is 0.143. The van der Waals surface area contributed by atoms with E-state index in [1.54, 1.807) is 6.08 Å². The van der Waals surface area contributed by atoms with Gasteiger partial charge in [-0.15, -0.1) is 0 Å². The second kappa shape index (κ2) is 7.06. The van der Waals surface area contributed by atoms with Crippen LogP contribution in [-0.4, -0.2) is 10.5 Å². The number of benzene rings is 2. The smallest absolute Gasteiger partial charge is 0.266 e. The molecule has 0 radical (unpaired) electrons. The number of amides is 1. The summed E-state index contributed by atoms with van der Waals surface area (Å²) in [5.41, 5.74) is 3.83. The number of nitrogens with one attached hydrogen (secondary N) is 1. The number of fused-ring (bicyclic) bond motifs is 1. The number of carbonyl (C=O) groups excluding carboxylic acids is 1. The number of nitriles is 1. The molecule has 2 aromatic carbocycles. The number of nitrogens with zero attached hydrogens (tertiary/aromatic N) is 2. The Bertz CT molecular complexity index is 988. The van der Waals surface area contributed by atoms with E-state index in [4.69, 9.17) is 0 Å². The highest BCUT2D eigenvalue weighted by Crippen LogP contribution is 2.24. The van der Waals surface area contributed by atoms with Crippen LogP contribution in [0.5, 0.6) is 0 Å². The molecule has 0 aliphatic carbocycles. The number of rotatable bonds is 4. The number of hydrogen-bond donors (Lipinski definition) is 1. The highest BCUT2D eigenvalue weighted by molar-refractivity contribution is 6.10. The normalized spacial score (nSPS) is 11.3. The maximum Gasteiger partial charge on any atom is 0.266 e. The lowest BCUT2D eigenvalue weighted by atomic mass is 10.1. The van der Waals surface area contributed by atoms with Gasteiger partial charge in [-0.25, -0.2) is 0 Å². The molecule has 0 spiro atoms. The predicted octanol–water partition coefficient (Wildman–Crippen LogP) is 4.52. The van der Waals surface area contributed by atoms with Crippen molar-refractivity contribution in [3.05, 3.63) is 71.4 Å². The summed E-state index contributed by atoms with van der Waals surface area (Å²) in [7, 11) is 0. The van der Waals surface area contributed by atoms with E-state index in [0.29, 0.717) is 5.69 Å². The second-order valence-electron chi connectivity index (χ2n) is 5.88. The molecule has 1 amide bonds. The van der Waals surface area contributed by atoms with Crippen LogP contribution < -0.4 is 5.32 Å². The van der Waals surface area contributed by atoms with Gasteiger partial charge in [0.15, 0.2) is 0 Å². The molecular weight excluding hydrogens is 310 g/mol. The standard InChI is InChI=1S/C21H19N3O/c1-3-24-14-17(19-6-4-5-7-20(19)24)12-16(13-22)21(25)23-18-10-8-15(2)9-11-18/h4-12,14H,3H2,1-2H3,(H,23,25). The van der Waals surface area contributed by atoms with Crippen molar-refractivity contribution in [2.45, 2.75) is 20.4 Å². The van der Waals surface area contributed by atoms with Gasteiger partial charge < -0.3 is 9.88 Å². The Labute approximate surface area is 147 Å². The third-order valence-corrected chi connectivity index (χ3v) is 4.13. The molecule has 0 unspecified atom stereocenters. The fourth-order valence-corrected chi connectivity index (χ4v) is 2.79. The Balaban J connectivity index is 1.94. The van der Waals surface area contributed by atoms with E-state index in [-0.39, 0.29) is 5.57 Å². The van der Waals surface area contributed by atoms with Crippen LogP contribution >= 0.6 is 0 Å². The fourth-order valence-electron chi connectivity index (χ4n) is 2.79. The Morgan fingerprint density at radius 1 is 1.20 bits per heavy atom. The topological polar surface area (TPSA) is 57.8 Å². The van der Waals surface area contributed by atoms with Gasteiger partial charge >= 0.3 is 0 Å². The van der Waals surface area contributed by atoms with E-state index in [0.717, 1.165) is 28.6 Å². The zero-order valence-electron chi connectivity index (χ0n) is 14.3. The molecule has 0 atom stereocenters. The van der Waals surface area contributed by atoms with Crippen LogP contribution in [0.15, 0.2) is 60.3 Å². The van der Waals surface area contributed by atoms with Gasteiger partial charge in [-0.05, 0) is 38.1 Å². The molecule has 0 bridgehead atoms. The minimum absolute atomic E-state index is 0.0829. The average Bonchev–Trinajstić information content (AvgIpc) is 2.99. The largest absolute Gasteiger partial charge is 0.347 e. The third kappa shape index (κ3) is 3.46. The van der Waals surface area contributed by atoms with Gasteiger partial charge in [0.1, 0.15) is 11.6 Å². The summed E-state index contributed by atoms with van der Waals surface area (Å²) in [5.74, 6) is -0.403. The molecule has 0 fully saturated rings. The summed E-state index contributed by atoms with van der Waals surface area (Å²) in [6.45, 7) is 4.87. The van der Waals surface area contributed by atoms with Crippen LogP contribution in [0, 0.1) is 18.3 Å². The molecular formula is C21H19N3O. The first-order chi connectivity index (χ1) is 12.1. The van der Waals surface area contributed by atoms with Gasteiger partial charge in [-0.1, -0.05) is 35.9 Å². The highest BCUT2D eigenvalue weighted by Gasteiger charge is 2.12. The number of carbonyl (C=O) groups is 1. The average molecular weight is 329 g/mol. The van der Waals surface area contributed by atoms with Crippen molar-refractivity contribution in [3.8, 4) is 6.07 Å². The van der Waals surface area contributed by atoms with Gasteiger partial charge in [0.2, 0.25) is 0 Å². The van der Waals surface area contributed by atoms with E-state index in [1.165, 1.54) is 0 Å². The molecule has 0 aliphatic rings. The SMILES string of the molecule is CCn1cc(C=C(C#N)C(=O)Nc2ccc(C)cc2)c2ccccc21. The van der Waals surface area contributed by atoms with Crippen molar-refractivity contribution in [1.82, 2.24) is 4.57 Å². The Morgan fingerprint density at radius 3 is 2.60 bits per heavy atom. The molecule has 3 rings (SSSR count). The quantitative estimate of drug-likeness (QED) is 0.565. The predicted molar refractivity (Wildman–Crippen MR) is 101 cm³/mol. The molecule has 0 aliphatic heterocycles. The van der Waals surface area contributed by atoms with E-state index < -0.39 is 5.91 Å². The first-order valence-corrected chi connectivity index (χ1v) is 8.20. The van der Waals surface area contributed by atoms with Gasteiger partial charge in [0.05, 0.1) is 0 Å². The first kappa shape index (κ1) is 16.5. The number of para-hydroxylation sites is 1. The van der Waals surface area contributed by atoms with Crippen LogP contribution in [-0.2, 0) is 11.3 Å². The van der Waals surface area contributed by atoms with E-state index in [2.05, 4.69) is 16.8 Å². The maximum atomic E-state index is 12.4. The first-order valence-electron chi connectivity index (χ1n) is 8.20.